The largest absolute Gasteiger partial charge is 0.335 e. The summed E-state index contributed by atoms with van der Waals surface area (Å²) in [4.78, 5) is 3.07. The Bertz CT molecular complexity index is 714. The van der Waals surface area contributed by atoms with Crippen molar-refractivity contribution >= 4 is 17.9 Å². The number of aromatic nitrogens is 2. The van der Waals surface area contributed by atoms with E-state index >= 15 is 0 Å². The quantitative estimate of drug-likeness (QED) is 0.701. The second kappa shape index (κ2) is 5.12. The molecule has 0 saturated carbocycles. The van der Waals surface area contributed by atoms with Crippen molar-refractivity contribution in [3.05, 3.63) is 71.6 Å². The number of hydrogen-bond acceptors (Lipinski definition) is 2. The number of hydrogen-bond donors (Lipinski definition) is 2. The van der Waals surface area contributed by atoms with Crippen molar-refractivity contribution < 1.29 is 0 Å². The molecule has 1 heterocycles. The molecule has 0 saturated heterocycles. The van der Waals surface area contributed by atoms with Crippen LogP contribution in [0, 0.1) is 4.77 Å². The van der Waals surface area contributed by atoms with Gasteiger partial charge >= 0.3 is 0 Å². The lowest BCUT2D eigenvalue weighted by atomic mass is 10.2. The Morgan fingerprint density at radius 2 is 1.53 bits per heavy atom. The van der Waals surface area contributed by atoms with Crippen LogP contribution in [-0.4, -0.2) is 9.66 Å². The highest BCUT2D eigenvalue weighted by atomic mass is 32.1. The molecule has 94 valence electrons. The average molecular weight is 267 g/mol. The van der Waals surface area contributed by atoms with Gasteiger partial charge in [0, 0.05) is 11.8 Å². The van der Waals surface area contributed by atoms with Crippen LogP contribution >= 0.6 is 12.2 Å². The summed E-state index contributed by atoms with van der Waals surface area (Å²) in [6, 6.07) is 20.1. The fourth-order valence-corrected chi connectivity index (χ4v) is 2.15. The van der Waals surface area contributed by atoms with E-state index < -0.39 is 0 Å². The zero-order chi connectivity index (χ0) is 13.1. The molecule has 0 atom stereocenters. The van der Waals surface area contributed by atoms with Crippen LogP contribution in [0.4, 0.5) is 5.69 Å². The molecule has 0 aliphatic rings. The SMILES string of the molecule is S=c1[nH]cc(-c2ccccc2)n1Nc1ccccc1. The third kappa shape index (κ3) is 2.44. The molecule has 0 aliphatic carbocycles. The van der Waals surface area contributed by atoms with Gasteiger partial charge in [-0.1, -0.05) is 48.5 Å². The van der Waals surface area contributed by atoms with Crippen molar-refractivity contribution in [3.63, 3.8) is 0 Å². The molecule has 0 aliphatic heterocycles. The molecule has 0 unspecified atom stereocenters. The van der Waals surface area contributed by atoms with E-state index in [0.717, 1.165) is 16.9 Å². The molecule has 0 radical (unpaired) electrons. The molecule has 1 aromatic heterocycles. The molecule has 3 nitrogen and oxygen atoms in total. The maximum atomic E-state index is 5.32. The molecule has 0 spiro atoms. The minimum Gasteiger partial charge on any atom is -0.335 e. The summed E-state index contributed by atoms with van der Waals surface area (Å²) in [5.41, 5.74) is 6.41. The highest BCUT2D eigenvalue weighted by molar-refractivity contribution is 7.71. The Morgan fingerprint density at radius 3 is 2.21 bits per heavy atom. The van der Waals surface area contributed by atoms with Crippen LogP contribution in [0.1, 0.15) is 0 Å². The van der Waals surface area contributed by atoms with Gasteiger partial charge in [-0.25, -0.2) is 4.68 Å². The number of anilines is 1. The van der Waals surface area contributed by atoms with Gasteiger partial charge in [0.15, 0.2) is 4.77 Å². The number of para-hydroxylation sites is 1. The Kier molecular flexibility index (Phi) is 3.16. The van der Waals surface area contributed by atoms with E-state index in [1.807, 2.05) is 59.4 Å². The van der Waals surface area contributed by atoms with Crippen molar-refractivity contribution in [1.82, 2.24) is 9.66 Å². The van der Waals surface area contributed by atoms with E-state index in [-0.39, 0.29) is 0 Å². The van der Waals surface area contributed by atoms with Crippen LogP contribution in [0.25, 0.3) is 11.3 Å². The average Bonchev–Trinajstić information content (AvgIpc) is 2.82. The predicted octanol–water partition coefficient (Wildman–Crippen LogP) is 4.09. The van der Waals surface area contributed by atoms with Gasteiger partial charge in [-0.05, 0) is 24.4 Å². The first-order chi connectivity index (χ1) is 9.34. The summed E-state index contributed by atoms with van der Waals surface area (Å²) < 4.78 is 2.52. The first-order valence-corrected chi connectivity index (χ1v) is 6.43. The summed E-state index contributed by atoms with van der Waals surface area (Å²) >= 11 is 5.32. The lowest BCUT2D eigenvalue weighted by molar-refractivity contribution is 0.942. The van der Waals surface area contributed by atoms with Gasteiger partial charge in [-0.15, -0.1) is 0 Å². The van der Waals surface area contributed by atoms with Crippen molar-refractivity contribution in [2.24, 2.45) is 0 Å². The number of nitrogens with zero attached hydrogens (tertiary/aromatic N) is 1. The maximum Gasteiger partial charge on any atom is 0.196 e. The molecule has 0 bridgehead atoms. The van der Waals surface area contributed by atoms with Crippen LogP contribution in [0.15, 0.2) is 66.9 Å². The van der Waals surface area contributed by atoms with Gasteiger partial charge in [0.1, 0.15) is 0 Å². The minimum absolute atomic E-state index is 0.641. The second-order valence-electron chi connectivity index (χ2n) is 4.16. The number of rotatable bonds is 3. The van der Waals surface area contributed by atoms with E-state index in [2.05, 4.69) is 22.5 Å². The van der Waals surface area contributed by atoms with Gasteiger partial charge in [0.25, 0.3) is 0 Å². The fourth-order valence-electron chi connectivity index (χ4n) is 1.94. The molecule has 2 aromatic carbocycles. The topological polar surface area (TPSA) is 32.8 Å². The second-order valence-corrected chi connectivity index (χ2v) is 4.55. The summed E-state index contributed by atoms with van der Waals surface area (Å²) in [6.45, 7) is 0. The van der Waals surface area contributed by atoms with Crippen LogP contribution in [0.2, 0.25) is 0 Å². The first kappa shape index (κ1) is 11.7. The van der Waals surface area contributed by atoms with Crippen LogP contribution in [0.5, 0.6) is 0 Å². The third-order valence-corrected chi connectivity index (χ3v) is 3.16. The molecular weight excluding hydrogens is 254 g/mol. The molecular formula is C15H13N3S. The number of nitrogens with one attached hydrogen (secondary N) is 2. The minimum atomic E-state index is 0.641. The van der Waals surface area contributed by atoms with Crippen LogP contribution in [0.3, 0.4) is 0 Å². The van der Waals surface area contributed by atoms with E-state index in [9.17, 15) is 0 Å². The number of benzene rings is 2. The Balaban J connectivity index is 2.03. The normalized spacial score (nSPS) is 10.3. The predicted molar refractivity (Wildman–Crippen MR) is 80.5 cm³/mol. The van der Waals surface area contributed by atoms with Gasteiger partial charge in [-0.3, -0.25) is 5.43 Å². The van der Waals surface area contributed by atoms with Crippen LogP contribution in [-0.2, 0) is 0 Å². The highest BCUT2D eigenvalue weighted by Crippen LogP contribution is 2.19. The maximum absolute atomic E-state index is 5.32. The van der Waals surface area contributed by atoms with E-state index in [1.165, 1.54) is 0 Å². The van der Waals surface area contributed by atoms with Crippen LogP contribution < -0.4 is 5.43 Å². The first-order valence-electron chi connectivity index (χ1n) is 6.02. The highest BCUT2D eigenvalue weighted by Gasteiger charge is 2.06. The summed E-state index contributed by atoms with van der Waals surface area (Å²) in [5, 5.41) is 0. The lowest BCUT2D eigenvalue weighted by Gasteiger charge is -2.11. The Labute approximate surface area is 116 Å². The van der Waals surface area contributed by atoms with Crippen molar-refractivity contribution in [2.75, 3.05) is 5.43 Å². The summed E-state index contributed by atoms with van der Waals surface area (Å²) in [7, 11) is 0. The zero-order valence-electron chi connectivity index (χ0n) is 10.2. The Hall–Kier alpha value is -2.33. The molecule has 0 fully saturated rings. The molecule has 2 N–H and O–H groups in total. The molecule has 0 amide bonds. The molecule has 3 rings (SSSR count). The van der Waals surface area contributed by atoms with Gasteiger partial charge < -0.3 is 4.98 Å². The fraction of sp³-hybridized carbons (Fsp3) is 0. The summed E-state index contributed by atoms with van der Waals surface area (Å²) in [5.74, 6) is 0. The van der Waals surface area contributed by atoms with Crippen molar-refractivity contribution in [1.29, 1.82) is 0 Å². The molecule has 4 heteroatoms. The standard InChI is InChI=1S/C15H13N3S/c19-15-16-11-14(12-7-3-1-4-8-12)18(15)17-13-9-5-2-6-10-13/h1-11,17H,(H,16,19). The van der Waals surface area contributed by atoms with Crippen molar-refractivity contribution in [2.45, 2.75) is 0 Å². The van der Waals surface area contributed by atoms with Gasteiger partial charge in [0.2, 0.25) is 0 Å². The van der Waals surface area contributed by atoms with E-state index in [0.29, 0.717) is 4.77 Å². The number of aromatic amines is 1. The summed E-state index contributed by atoms with van der Waals surface area (Å²) in [6.07, 6.45) is 1.91. The lowest BCUT2D eigenvalue weighted by Crippen LogP contribution is -2.10. The zero-order valence-corrected chi connectivity index (χ0v) is 11.0. The van der Waals surface area contributed by atoms with Gasteiger partial charge in [0.05, 0.1) is 11.4 Å². The third-order valence-electron chi connectivity index (χ3n) is 2.86. The molecule has 3 aromatic rings. The van der Waals surface area contributed by atoms with E-state index in [1.54, 1.807) is 0 Å². The monoisotopic (exact) mass is 267 g/mol. The smallest absolute Gasteiger partial charge is 0.196 e. The van der Waals surface area contributed by atoms with Gasteiger partial charge in [-0.2, -0.15) is 0 Å². The molecule has 19 heavy (non-hydrogen) atoms. The number of H-pyrrole nitrogens is 1. The van der Waals surface area contributed by atoms with Crippen molar-refractivity contribution in [3.8, 4) is 11.3 Å². The van der Waals surface area contributed by atoms with E-state index in [4.69, 9.17) is 12.2 Å². The Morgan fingerprint density at radius 1 is 0.895 bits per heavy atom. The number of imidazole rings is 1.